The zero-order valence-corrected chi connectivity index (χ0v) is 12.3. The number of amides is 1. The molecule has 2 bridgehead atoms. The summed E-state index contributed by atoms with van der Waals surface area (Å²) in [4.78, 5) is 23.8. The van der Waals surface area contributed by atoms with E-state index in [1.165, 1.54) is 0 Å². The van der Waals surface area contributed by atoms with Crippen molar-refractivity contribution in [3.05, 3.63) is 34.9 Å². The summed E-state index contributed by atoms with van der Waals surface area (Å²) in [5.74, 6) is -1.44. The van der Waals surface area contributed by atoms with Crippen LogP contribution in [0.4, 0.5) is 0 Å². The van der Waals surface area contributed by atoms with Gasteiger partial charge in [0.2, 0.25) is 5.91 Å². The number of aliphatic carboxylic acids is 1. The van der Waals surface area contributed by atoms with Crippen LogP contribution in [0.15, 0.2) is 24.3 Å². The number of fused-ring (bicyclic) bond motifs is 2. The molecule has 2 fully saturated rings. The van der Waals surface area contributed by atoms with E-state index in [0.717, 1.165) is 24.8 Å². The first-order chi connectivity index (χ1) is 10.1. The van der Waals surface area contributed by atoms with Crippen LogP contribution < -0.4 is 5.32 Å². The Morgan fingerprint density at radius 1 is 1.24 bits per heavy atom. The smallest absolute Gasteiger partial charge is 0.307 e. The Balaban J connectivity index is 1.66. The number of halogens is 1. The minimum Gasteiger partial charge on any atom is -0.481 e. The fourth-order valence-corrected chi connectivity index (χ4v) is 4.19. The summed E-state index contributed by atoms with van der Waals surface area (Å²) >= 11 is 5.91. The average molecular weight is 308 g/mol. The predicted molar refractivity (Wildman–Crippen MR) is 78.7 cm³/mol. The topological polar surface area (TPSA) is 66.4 Å². The molecule has 2 aliphatic carbocycles. The van der Waals surface area contributed by atoms with E-state index in [2.05, 4.69) is 5.32 Å². The first-order valence-electron chi connectivity index (χ1n) is 7.31. The van der Waals surface area contributed by atoms with Crippen LogP contribution in [0.5, 0.6) is 0 Å². The molecule has 2 aliphatic rings. The molecular weight excluding hydrogens is 290 g/mol. The molecule has 1 aromatic rings. The highest BCUT2D eigenvalue weighted by Crippen LogP contribution is 2.52. The number of rotatable bonds is 4. The fraction of sp³-hybridized carbons (Fsp3) is 0.500. The van der Waals surface area contributed by atoms with Crippen LogP contribution in [0.25, 0.3) is 0 Å². The zero-order valence-electron chi connectivity index (χ0n) is 11.6. The lowest BCUT2D eigenvalue weighted by molar-refractivity contribution is -0.149. The van der Waals surface area contributed by atoms with Gasteiger partial charge in [-0.1, -0.05) is 23.7 Å². The summed E-state index contributed by atoms with van der Waals surface area (Å²) in [6, 6.07) is 7.31. The molecule has 5 heteroatoms. The number of carboxylic acids is 1. The molecule has 1 amide bonds. The Labute approximate surface area is 128 Å². The summed E-state index contributed by atoms with van der Waals surface area (Å²) in [7, 11) is 0. The molecule has 4 nitrogen and oxygen atoms in total. The predicted octanol–water partition coefficient (Wildman–Crippen LogP) is 2.70. The van der Waals surface area contributed by atoms with Gasteiger partial charge in [0.15, 0.2) is 0 Å². The van der Waals surface area contributed by atoms with E-state index in [-0.39, 0.29) is 23.7 Å². The Kier molecular flexibility index (Phi) is 3.89. The Bertz CT molecular complexity index is 574. The van der Waals surface area contributed by atoms with Gasteiger partial charge in [0, 0.05) is 11.6 Å². The van der Waals surface area contributed by atoms with Crippen molar-refractivity contribution in [2.24, 2.45) is 23.7 Å². The van der Waals surface area contributed by atoms with Crippen LogP contribution in [-0.2, 0) is 16.1 Å². The van der Waals surface area contributed by atoms with Crippen molar-refractivity contribution in [2.45, 2.75) is 25.8 Å². The summed E-state index contributed by atoms with van der Waals surface area (Å²) in [6.45, 7) is 0.389. The van der Waals surface area contributed by atoms with Crippen LogP contribution in [0.1, 0.15) is 24.8 Å². The number of nitrogens with one attached hydrogen (secondary N) is 1. The van der Waals surface area contributed by atoms with Crippen LogP contribution >= 0.6 is 11.6 Å². The van der Waals surface area contributed by atoms with E-state index in [1.54, 1.807) is 12.1 Å². The fourth-order valence-electron chi connectivity index (χ4n) is 3.98. The van der Waals surface area contributed by atoms with Gasteiger partial charge in [-0.05, 0) is 48.8 Å². The van der Waals surface area contributed by atoms with E-state index in [1.807, 2.05) is 12.1 Å². The molecule has 0 saturated heterocycles. The minimum absolute atomic E-state index is 0.130. The molecule has 0 aliphatic heterocycles. The second-order valence-corrected chi connectivity index (χ2v) is 6.51. The maximum Gasteiger partial charge on any atom is 0.307 e. The Hall–Kier alpha value is -1.55. The Morgan fingerprint density at radius 3 is 2.62 bits per heavy atom. The number of hydrogen-bond donors (Lipinski definition) is 2. The van der Waals surface area contributed by atoms with Gasteiger partial charge in [-0.2, -0.15) is 0 Å². The number of carbonyl (C=O) groups is 2. The molecule has 2 saturated carbocycles. The van der Waals surface area contributed by atoms with Crippen LogP contribution in [-0.4, -0.2) is 17.0 Å². The third-order valence-corrected chi connectivity index (χ3v) is 5.10. The lowest BCUT2D eigenvalue weighted by Gasteiger charge is -2.27. The molecule has 0 unspecified atom stereocenters. The van der Waals surface area contributed by atoms with Gasteiger partial charge in [0.05, 0.1) is 11.8 Å². The second kappa shape index (κ2) is 5.68. The lowest BCUT2D eigenvalue weighted by atomic mass is 9.78. The Morgan fingerprint density at radius 2 is 1.95 bits per heavy atom. The third-order valence-electron chi connectivity index (χ3n) is 4.86. The highest BCUT2D eigenvalue weighted by atomic mass is 35.5. The molecule has 0 aromatic heterocycles. The van der Waals surface area contributed by atoms with Crippen molar-refractivity contribution < 1.29 is 14.7 Å². The molecule has 112 valence electrons. The molecule has 1 aromatic carbocycles. The van der Waals surface area contributed by atoms with Crippen molar-refractivity contribution in [3.63, 3.8) is 0 Å². The molecule has 2 N–H and O–H groups in total. The SMILES string of the molecule is O=C(O)[C@H]1[C@H]2CC[C@H](C2)[C@@H]1C(=O)NCc1cccc(Cl)c1. The van der Waals surface area contributed by atoms with Crippen LogP contribution in [0.3, 0.4) is 0 Å². The van der Waals surface area contributed by atoms with E-state index >= 15 is 0 Å². The highest BCUT2D eigenvalue weighted by molar-refractivity contribution is 6.30. The van der Waals surface area contributed by atoms with Crippen LogP contribution in [0.2, 0.25) is 5.02 Å². The van der Waals surface area contributed by atoms with Crippen molar-refractivity contribution in [3.8, 4) is 0 Å². The van der Waals surface area contributed by atoms with Gasteiger partial charge in [0.1, 0.15) is 0 Å². The van der Waals surface area contributed by atoms with E-state index in [0.29, 0.717) is 11.6 Å². The quantitative estimate of drug-likeness (QED) is 0.899. The number of benzene rings is 1. The first-order valence-corrected chi connectivity index (χ1v) is 7.69. The summed E-state index contributed by atoms with van der Waals surface area (Å²) in [5.41, 5.74) is 0.922. The summed E-state index contributed by atoms with van der Waals surface area (Å²) in [6.07, 6.45) is 2.80. The lowest BCUT2D eigenvalue weighted by Crippen LogP contribution is -2.41. The van der Waals surface area contributed by atoms with Gasteiger partial charge in [0.25, 0.3) is 0 Å². The highest BCUT2D eigenvalue weighted by Gasteiger charge is 2.53. The van der Waals surface area contributed by atoms with Crippen molar-refractivity contribution in [2.75, 3.05) is 0 Å². The maximum absolute atomic E-state index is 12.4. The second-order valence-electron chi connectivity index (χ2n) is 6.07. The van der Waals surface area contributed by atoms with Gasteiger partial charge >= 0.3 is 5.97 Å². The molecular formula is C16H18ClNO3. The molecule has 0 spiro atoms. The van der Waals surface area contributed by atoms with Crippen molar-refractivity contribution >= 4 is 23.5 Å². The third kappa shape index (κ3) is 2.77. The number of carboxylic acid groups (broad SMARTS) is 1. The largest absolute Gasteiger partial charge is 0.481 e. The minimum atomic E-state index is -0.829. The van der Waals surface area contributed by atoms with Gasteiger partial charge < -0.3 is 10.4 Å². The average Bonchev–Trinajstić information content (AvgIpc) is 3.05. The zero-order chi connectivity index (χ0) is 15.0. The maximum atomic E-state index is 12.4. The van der Waals surface area contributed by atoms with E-state index < -0.39 is 11.9 Å². The van der Waals surface area contributed by atoms with Gasteiger partial charge in [-0.15, -0.1) is 0 Å². The number of hydrogen-bond acceptors (Lipinski definition) is 2. The molecule has 3 rings (SSSR count). The van der Waals surface area contributed by atoms with Crippen molar-refractivity contribution in [1.82, 2.24) is 5.32 Å². The first kappa shape index (κ1) is 14.4. The van der Waals surface area contributed by atoms with E-state index in [4.69, 9.17) is 11.6 Å². The van der Waals surface area contributed by atoms with Crippen molar-refractivity contribution in [1.29, 1.82) is 0 Å². The van der Waals surface area contributed by atoms with Crippen LogP contribution in [0, 0.1) is 23.7 Å². The van der Waals surface area contributed by atoms with E-state index in [9.17, 15) is 14.7 Å². The van der Waals surface area contributed by atoms with Gasteiger partial charge in [-0.25, -0.2) is 0 Å². The normalized spacial score (nSPS) is 30.3. The summed E-state index contributed by atoms with van der Waals surface area (Å²) < 4.78 is 0. The summed E-state index contributed by atoms with van der Waals surface area (Å²) in [5, 5.41) is 12.9. The number of carbonyl (C=O) groups excluding carboxylic acids is 1. The molecule has 0 heterocycles. The molecule has 4 atom stereocenters. The monoisotopic (exact) mass is 307 g/mol. The van der Waals surface area contributed by atoms with Gasteiger partial charge in [-0.3, -0.25) is 9.59 Å². The molecule has 21 heavy (non-hydrogen) atoms. The standard InChI is InChI=1S/C16H18ClNO3/c17-12-3-1-2-9(6-12)8-18-15(19)13-10-4-5-11(7-10)14(13)16(20)21/h1-3,6,10-11,13-14H,4-5,7-8H2,(H,18,19)(H,20,21)/t10-,11+,13+,14+/m1/s1. The molecule has 0 radical (unpaired) electrons.